The summed E-state index contributed by atoms with van der Waals surface area (Å²) < 4.78 is 23.6. The maximum absolute atomic E-state index is 12.8. The van der Waals surface area contributed by atoms with Gasteiger partial charge in [0.05, 0.1) is 30.6 Å². The Hall–Kier alpha value is -2.85. The Morgan fingerprint density at radius 3 is 2.06 bits per heavy atom. The summed E-state index contributed by atoms with van der Waals surface area (Å²) in [6.45, 7) is 4.33. The fraction of sp³-hybridized carbons (Fsp3) is 0.200. The number of hydrogen-bond acceptors (Lipinski definition) is 5. The Morgan fingerprint density at radius 1 is 0.742 bits per heavy atom. The Labute approximate surface area is 182 Å². The summed E-state index contributed by atoms with van der Waals surface area (Å²) in [5.41, 5.74) is 4.64. The number of nitrogens with zero attached hydrogens (tertiary/aromatic N) is 2. The number of aromatic nitrogens is 2. The Balaban J connectivity index is 1.70. The van der Waals surface area contributed by atoms with Crippen LogP contribution in [0, 0.1) is 0 Å². The van der Waals surface area contributed by atoms with E-state index in [9.17, 15) is 4.57 Å². The van der Waals surface area contributed by atoms with Crippen LogP contribution in [0.15, 0.2) is 78.9 Å². The van der Waals surface area contributed by atoms with Gasteiger partial charge < -0.3 is 9.05 Å². The van der Waals surface area contributed by atoms with Gasteiger partial charge in [0.2, 0.25) is 0 Å². The van der Waals surface area contributed by atoms with E-state index in [1.165, 1.54) is 0 Å². The van der Waals surface area contributed by atoms with E-state index in [0.717, 1.165) is 33.3 Å². The van der Waals surface area contributed by atoms with Gasteiger partial charge in [0.15, 0.2) is 5.82 Å². The summed E-state index contributed by atoms with van der Waals surface area (Å²) in [5.74, 6) is 0.655. The van der Waals surface area contributed by atoms with Crippen LogP contribution in [0.25, 0.3) is 33.5 Å². The monoisotopic (exact) mass is 432 g/mol. The highest BCUT2D eigenvalue weighted by Crippen LogP contribution is 2.51. The van der Waals surface area contributed by atoms with Crippen LogP contribution in [0.2, 0.25) is 0 Å². The van der Waals surface area contributed by atoms with Crippen molar-refractivity contribution >= 4 is 18.5 Å². The number of rotatable bonds is 8. The molecular formula is C25H25N2O3P. The van der Waals surface area contributed by atoms with E-state index < -0.39 is 7.60 Å². The van der Waals surface area contributed by atoms with Gasteiger partial charge in [-0.15, -0.1) is 0 Å². The Bertz CT molecular complexity index is 1200. The van der Waals surface area contributed by atoms with Crippen molar-refractivity contribution in [2.45, 2.75) is 20.0 Å². The summed E-state index contributed by atoms with van der Waals surface area (Å²) in [5, 5.41) is 1.02. The third-order valence-corrected chi connectivity index (χ3v) is 6.95. The molecule has 0 aliphatic carbocycles. The molecule has 0 aliphatic heterocycles. The predicted octanol–water partition coefficient (Wildman–Crippen LogP) is 6.73. The maximum atomic E-state index is 12.8. The minimum absolute atomic E-state index is 0.239. The molecule has 1 heterocycles. The van der Waals surface area contributed by atoms with Gasteiger partial charge in [-0.05, 0) is 25.5 Å². The molecule has 5 nitrogen and oxygen atoms in total. The largest absolute Gasteiger partial charge is 0.335 e. The molecule has 0 atom stereocenters. The highest BCUT2D eigenvalue weighted by atomic mass is 31.2. The third-order valence-electron chi connectivity index (χ3n) is 4.89. The summed E-state index contributed by atoms with van der Waals surface area (Å²) in [7, 11) is -3.14. The number of benzene rings is 3. The zero-order valence-electron chi connectivity index (χ0n) is 17.7. The lowest BCUT2D eigenvalue weighted by molar-refractivity contribution is 0.219. The lowest BCUT2D eigenvalue weighted by Gasteiger charge is -2.17. The minimum Gasteiger partial charge on any atom is -0.309 e. The molecular weight excluding hydrogens is 407 g/mol. The lowest BCUT2D eigenvalue weighted by Crippen LogP contribution is -1.99. The third kappa shape index (κ3) is 4.91. The van der Waals surface area contributed by atoms with Crippen molar-refractivity contribution in [1.82, 2.24) is 9.97 Å². The topological polar surface area (TPSA) is 61.3 Å². The first-order valence-corrected chi connectivity index (χ1v) is 12.1. The Kier molecular flexibility index (Phi) is 6.57. The second-order valence-electron chi connectivity index (χ2n) is 7.08. The Morgan fingerprint density at radius 2 is 1.39 bits per heavy atom. The average molecular weight is 432 g/mol. The van der Waals surface area contributed by atoms with E-state index in [4.69, 9.17) is 19.0 Å². The van der Waals surface area contributed by atoms with Crippen LogP contribution in [0.5, 0.6) is 0 Å². The SMILES string of the molecule is CCOP(=O)(Cc1ccc(-c2nc(-c3ccccc3)c3ccccc3n2)cc1)OCC. The molecule has 0 unspecified atom stereocenters. The quantitative estimate of drug-likeness (QED) is 0.289. The molecule has 0 aliphatic rings. The molecule has 158 valence electrons. The maximum Gasteiger partial charge on any atom is 0.335 e. The van der Waals surface area contributed by atoms with Gasteiger partial charge in [-0.3, -0.25) is 4.57 Å². The van der Waals surface area contributed by atoms with E-state index in [2.05, 4.69) is 12.1 Å². The van der Waals surface area contributed by atoms with Crippen molar-refractivity contribution in [3.63, 3.8) is 0 Å². The van der Waals surface area contributed by atoms with Crippen LogP contribution in [0.4, 0.5) is 0 Å². The van der Waals surface area contributed by atoms with E-state index in [1.807, 2.05) is 80.6 Å². The first-order chi connectivity index (χ1) is 15.1. The van der Waals surface area contributed by atoms with Gasteiger partial charge in [-0.2, -0.15) is 0 Å². The first kappa shape index (κ1) is 21.4. The number of para-hydroxylation sites is 1. The molecule has 0 saturated carbocycles. The molecule has 3 aromatic carbocycles. The van der Waals surface area contributed by atoms with Crippen LogP contribution in [-0.4, -0.2) is 23.2 Å². The molecule has 0 bridgehead atoms. The minimum atomic E-state index is -3.14. The van der Waals surface area contributed by atoms with Gasteiger partial charge in [0.1, 0.15) is 0 Å². The molecule has 31 heavy (non-hydrogen) atoms. The normalized spacial score (nSPS) is 11.7. The zero-order valence-corrected chi connectivity index (χ0v) is 18.6. The van der Waals surface area contributed by atoms with Crippen molar-refractivity contribution in [1.29, 1.82) is 0 Å². The zero-order chi connectivity index (χ0) is 21.7. The van der Waals surface area contributed by atoms with Crippen LogP contribution in [0.1, 0.15) is 19.4 Å². The molecule has 0 saturated heterocycles. The lowest BCUT2D eigenvalue weighted by atomic mass is 10.1. The van der Waals surface area contributed by atoms with E-state index in [0.29, 0.717) is 19.0 Å². The second-order valence-corrected chi connectivity index (χ2v) is 9.13. The summed E-state index contributed by atoms with van der Waals surface area (Å²) in [6.07, 6.45) is 0.239. The molecule has 4 aromatic rings. The molecule has 0 fully saturated rings. The van der Waals surface area contributed by atoms with Crippen molar-refractivity contribution in [3.05, 3.63) is 84.4 Å². The van der Waals surface area contributed by atoms with Crippen molar-refractivity contribution in [2.75, 3.05) is 13.2 Å². The second kappa shape index (κ2) is 9.52. The summed E-state index contributed by atoms with van der Waals surface area (Å²) in [4.78, 5) is 9.67. The highest BCUT2D eigenvalue weighted by Gasteiger charge is 2.24. The summed E-state index contributed by atoms with van der Waals surface area (Å²) >= 11 is 0. The predicted molar refractivity (Wildman–Crippen MR) is 125 cm³/mol. The average Bonchev–Trinajstić information content (AvgIpc) is 2.79. The number of hydrogen-bond donors (Lipinski definition) is 0. The molecule has 0 radical (unpaired) electrons. The molecule has 0 N–H and O–H groups in total. The summed E-state index contributed by atoms with van der Waals surface area (Å²) in [6, 6.07) is 25.9. The molecule has 6 heteroatoms. The van der Waals surface area contributed by atoms with Gasteiger partial charge in [-0.25, -0.2) is 9.97 Å². The van der Waals surface area contributed by atoms with E-state index >= 15 is 0 Å². The highest BCUT2D eigenvalue weighted by molar-refractivity contribution is 7.53. The van der Waals surface area contributed by atoms with Gasteiger partial charge in [-0.1, -0.05) is 72.8 Å². The van der Waals surface area contributed by atoms with Crippen molar-refractivity contribution in [3.8, 4) is 22.6 Å². The van der Waals surface area contributed by atoms with Gasteiger partial charge in [0.25, 0.3) is 0 Å². The standard InChI is InChI=1S/C25H25N2O3P/c1-3-29-31(28,30-4-2)18-19-14-16-21(17-15-19)25-26-23-13-9-8-12-22(23)24(27-25)20-10-6-5-7-11-20/h5-17H,3-4,18H2,1-2H3. The van der Waals surface area contributed by atoms with Gasteiger partial charge >= 0.3 is 7.60 Å². The number of fused-ring (bicyclic) bond motifs is 1. The fourth-order valence-corrected chi connectivity index (χ4v) is 5.23. The smallest absolute Gasteiger partial charge is 0.309 e. The van der Waals surface area contributed by atoms with Crippen LogP contribution >= 0.6 is 7.60 Å². The van der Waals surface area contributed by atoms with Crippen LogP contribution in [-0.2, 0) is 19.8 Å². The van der Waals surface area contributed by atoms with Crippen molar-refractivity contribution in [2.24, 2.45) is 0 Å². The van der Waals surface area contributed by atoms with Gasteiger partial charge in [0, 0.05) is 16.5 Å². The molecule has 0 amide bonds. The molecule has 4 rings (SSSR count). The molecule has 0 spiro atoms. The van der Waals surface area contributed by atoms with E-state index in [1.54, 1.807) is 0 Å². The van der Waals surface area contributed by atoms with Crippen LogP contribution in [0.3, 0.4) is 0 Å². The van der Waals surface area contributed by atoms with Crippen LogP contribution < -0.4 is 0 Å². The first-order valence-electron chi connectivity index (χ1n) is 10.4. The van der Waals surface area contributed by atoms with Crippen molar-refractivity contribution < 1.29 is 13.6 Å². The fourth-order valence-electron chi connectivity index (χ4n) is 3.53. The van der Waals surface area contributed by atoms with E-state index in [-0.39, 0.29) is 6.16 Å². The molecule has 1 aromatic heterocycles.